The number of hydrogen-bond acceptors (Lipinski definition) is 1. The summed E-state index contributed by atoms with van der Waals surface area (Å²) >= 11 is 4.75. The van der Waals surface area contributed by atoms with Crippen LogP contribution in [0.4, 0.5) is 0 Å². The Bertz CT molecular complexity index is 360. The standard InChI is InChI=1S/C23H40S/c1-2-3-4-5-6-7-8-9-10-11-12-13-17-20-23(24)21-22-18-15-14-16-19-22/h14-16,18-19,23-24H,2-13,17,20-21H2,1H3. The van der Waals surface area contributed by atoms with Crippen LogP contribution in [0, 0.1) is 0 Å². The van der Waals surface area contributed by atoms with Crippen LogP contribution in [-0.4, -0.2) is 5.25 Å². The van der Waals surface area contributed by atoms with E-state index in [1.54, 1.807) is 0 Å². The Labute approximate surface area is 157 Å². The van der Waals surface area contributed by atoms with Crippen LogP contribution >= 0.6 is 12.6 Å². The summed E-state index contributed by atoms with van der Waals surface area (Å²) < 4.78 is 0. The first kappa shape index (κ1) is 21.6. The molecule has 0 bridgehead atoms. The Morgan fingerprint density at radius 1 is 0.667 bits per heavy atom. The van der Waals surface area contributed by atoms with Crippen molar-refractivity contribution < 1.29 is 0 Å². The van der Waals surface area contributed by atoms with E-state index in [9.17, 15) is 0 Å². The van der Waals surface area contributed by atoms with Gasteiger partial charge < -0.3 is 0 Å². The molecule has 0 heterocycles. The maximum Gasteiger partial charge on any atom is 0.00572 e. The molecule has 24 heavy (non-hydrogen) atoms. The molecule has 0 N–H and O–H groups in total. The van der Waals surface area contributed by atoms with Crippen LogP contribution in [0.3, 0.4) is 0 Å². The quantitative estimate of drug-likeness (QED) is 0.227. The number of hydrogen-bond donors (Lipinski definition) is 1. The molecule has 0 amide bonds. The Hall–Kier alpha value is -0.430. The monoisotopic (exact) mass is 348 g/mol. The molecular weight excluding hydrogens is 308 g/mol. The van der Waals surface area contributed by atoms with Gasteiger partial charge in [-0.25, -0.2) is 0 Å². The van der Waals surface area contributed by atoms with Crippen LogP contribution in [0.1, 0.15) is 102 Å². The molecule has 1 aromatic carbocycles. The molecule has 0 saturated heterocycles. The van der Waals surface area contributed by atoms with Gasteiger partial charge in [-0.2, -0.15) is 12.6 Å². The normalized spacial score (nSPS) is 12.4. The molecule has 0 aliphatic heterocycles. The molecule has 138 valence electrons. The van der Waals surface area contributed by atoms with E-state index in [2.05, 4.69) is 37.3 Å². The van der Waals surface area contributed by atoms with Gasteiger partial charge in [0.1, 0.15) is 0 Å². The summed E-state index contributed by atoms with van der Waals surface area (Å²) in [6, 6.07) is 10.8. The highest BCUT2D eigenvalue weighted by atomic mass is 32.1. The minimum atomic E-state index is 0.528. The number of unbranched alkanes of at least 4 members (excludes halogenated alkanes) is 12. The lowest BCUT2D eigenvalue weighted by Crippen LogP contribution is -2.03. The first-order chi connectivity index (χ1) is 11.8. The van der Waals surface area contributed by atoms with E-state index in [1.807, 2.05) is 0 Å². The van der Waals surface area contributed by atoms with Crippen molar-refractivity contribution >= 4 is 12.6 Å². The van der Waals surface area contributed by atoms with Gasteiger partial charge >= 0.3 is 0 Å². The fraction of sp³-hybridized carbons (Fsp3) is 0.739. The maximum absolute atomic E-state index is 4.75. The van der Waals surface area contributed by atoms with Crippen molar-refractivity contribution in [2.24, 2.45) is 0 Å². The zero-order valence-electron chi connectivity index (χ0n) is 16.0. The lowest BCUT2D eigenvalue weighted by Gasteiger charge is -2.10. The molecule has 1 unspecified atom stereocenters. The van der Waals surface area contributed by atoms with Crippen LogP contribution in [0.25, 0.3) is 0 Å². The minimum Gasteiger partial charge on any atom is -0.176 e. The lowest BCUT2D eigenvalue weighted by molar-refractivity contribution is 0.534. The molecule has 0 spiro atoms. The summed E-state index contributed by atoms with van der Waals surface area (Å²) in [6.07, 6.45) is 21.0. The summed E-state index contributed by atoms with van der Waals surface area (Å²) in [6.45, 7) is 2.29. The summed E-state index contributed by atoms with van der Waals surface area (Å²) in [7, 11) is 0. The third-order valence-electron chi connectivity index (χ3n) is 4.96. The highest BCUT2D eigenvalue weighted by Gasteiger charge is 2.04. The Kier molecular flexibility index (Phi) is 14.5. The van der Waals surface area contributed by atoms with E-state index < -0.39 is 0 Å². The topological polar surface area (TPSA) is 0 Å². The fourth-order valence-corrected chi connectivity index (χ4v) is 3.78. The molecule has 0 saturated carbocycles. The minimum absolute atomic E-state index is 0.528. The van der Waals surface area contributed by atoms with E-state index >= 15 is 0 Å². The largest absolute Gasteiger partial charge is 0.176 e. The smallest absolute Gasteiger partial charge is 0.00572 e. The molecule has 0 fully saturated rings. The molecule has 1 heteroatoms. The van der Waals surface area contributed by atoms with E-state index in [0.29, 0.717) is 5.25 Å². The van der Waals surface area contributed by atoms with Crippen molar-refractivity contribution in [2.75, 3.05) is 0 Å². The zero-order valence-corrected chi connectivity index (χ0v) is 16.9. The second-order valence-electron chi connectivity index (χ2n) is 7.37. The van der Waals surface area contributed by atoms with Crippen LogP contribution in [0.2, 0.25) is 0 Å². The van der Waals surface area contributed by atoms with Gasteiger partial charge in [0.05, 0.1) is 0 Å². The molecule has 0 nitrogen and oxygen atoms in total. The van der Waals surface area contributed by atoms with Gasteiger partial charge in [-0.1, -0.05) is 121 Å². The highest BCUT2D eigenvalue weighted by molar-refractivity contribution is 7.80. The van der Waals surface area contributed by atoms with Gasteiger partial charge in [0.2, 0.25) is 0 Å². The third kappa shape index (κ3) is 12.9. The summed E-state index contributed by atoms with van der Waals surface area (Å²) in [4.78, 5) is 0. The highest BCUT2D eigenvalue weighted by Crippen LogP contribution is 2.16. The fourth-order valence-electron chi connectivity index (χ4n) is 3.39. The second kappa shape index (κ2) is 16.1. The van der Waals surface area contributed by atoms with Crippen molar-refractivity contribution in [1.82, 2.24) is 0 Å². The number of thiol groups is 1. The Morgan fingerprint density at radius 2 is 1.12 bits per heavy atom. The maximum atomic E-state index is 4.75. The first-order valence-corrected chi connectivity index (χ1v) is 11.1. The van der Waals surface area contributed by atoms with Crippen molar-refractivity contribution in [2.45, 2.75) is 108 Å². The van der Waals surface area contributed by atoms with Gasteiger partial charge in [-0.15, -0.1) is 0 Å². The molecule has 1 aromatic rings. The average Bonchev–Trinajstić information content (AvgIpc) is 2.60. The molecule has 0 aliphatic rings. The molecule has 0 aliphatic carbocycles. The van der Waals surface area contributed by atoms with Crippen molar-refractivity contribution in [3.05, 3.63) is 35.9 Å². The van der Waals surface area contributed by atoms with Crippen molar-refractivity contribution in [3.63, 3.8) is 0 Å². The molecular formula is C23H40S. The van der Waals surface area contributed by atoms with Gasteiger partial charge in [0, 0.05) is 5.25 Å². The SMILES string of the molecule is CCCCCCCCCCCCCCCC(S)Cc1ccccc1. The molecule has 1 atom stereocenters. The van der Waals surface area contributed by atoms with E-state index in [-0.39, 0.29) is 0 Å². The van der Waals surface area contributed by atoms with Crippen LogP contribution in [0.15, 0.2) is 30.3 Å². The van der Waals surface area contributed by atoms with Crippen molar-refractivity contribution in [3.8, 4) is 0 Å². The number of benzene rings is 1. The molecule has 0 radical (unpaired) electrons. The van der Waals surface area contributed by atoms with Gasteiger partial charge in [0.15, 0.2) is 0 Å². The first-order valence-electron chi connectivity index (χ1n) is 10.5. The zero-order chi connectivity index (χ0) is 17.3. The van der Waals surface area contributed by atoms with Crippen LogP contribution < -0.4 is 0 Å². The predicted molar refractivity (Wildman–Crippen MR) is 113 cm³/mol. The molecule has 1 rings (SSSR count). The molecule has 0 aromatic heterocycles. The summed E-state index contributed by atoms with van der Waals surface area (Å²) in [5.74, 6) is 0. The Morgan fingerprint density at radius 3 is 1.62 bits per heavy atom. The van der Waals surface area contributed by atoms with E-state index in [0.717, 1.165) is 6.42 Å². The number of rotatable bonds is 16. The van der Waals surface area contributed by atoms with E-state index in [4.69, 9.17) is 12.6 Å². The Balaban J connectivity index is 1.80. The summed E-state index contributed by atoms with van der Waals surface area (Å²) in [5, 5.41) is 0.528. The van der Waals surface area contributed by atoms with Gasteiger partial charge in [0.25, 0.3) is 0 Å². The van der Waals surface area contributed by atoms with E-state index in [1.165, 1.54) is 95.5 Å². The second-order valence-corrected chi connectivity index (χ2v) is 8.11. The van der Waals surface area contributed by atoms with Crippen molar-refractivity contribution in [1.29, 1.82) is 0 Å². The average molecular weight is 349 g/mol. The summed E-state index contributed by atoms with van der Waals surface area (Å²) in [5.41, 5.74) is 1.42. The van der Waals surface area contributed by atoms with Gasteiger partial charge in [-0.3, -0.25) is 0 Å². The lowest BCUT2D eigenvalue weighted by atomic mass is 10.0. The predicted octanol–water partition coefficient (Wildman–Crippen LogP) is 8.01. The van der Waals surface area contributed by atoms with Crippen LogP contribution in [0.5, 0.6) is 0 Å². The van der Waals surface area contributed by atoms with Gasteiger partial charge in [-0.05, 0) is 18.4 Å². The third-order valence-corrected chi connectivity index (χ3v) is 5.40. The van der Waals surface area contributed by atoms with Crippen LogP contribution in [-0.2, 0) is 6.42 Å².